The first kappa shape index (κ1) is 17.2. The van der Waals surface area contributed by atoms with Crippen LogP contribution in [0.15, 0.2) is 53.4 Å². The quantitative estimate of drug-likeness (QED) is 0.399. The Labute approximate surface area is 159 Å². The second-order valence-electron chi connectivity index (χ2n) is 6.23. The van der Waals surface area contributed by atoms with Crippen LogP contribution in [0, 0.1) is 6.92 Å². The van der Waals surface area contributed by atoms with Gasteiger partial charge < -0.3 is 10.3 Å². The number of aryl methyl sites for hydroxylation is 1. The molecule has 0 saturated heterocycles. The third-order valence-electron chi connectivity index (χ3n) is 4.41. The summed E-state index contributed by atoms with van der Waals surface area (Å²) >= 11 is 1.62. The molecule has 0 saturated carbocycles. The number of nitrogens with one attached hydrogen (secondary N) is 2. The van der Waals surface area contributed by atoms with E-state index in [2.05, 4.69) is 15.4 Å². The smallest absolute Gasteiger partial charge is 0.292 e. The second-order valence-corrected chi connectivity index (χ2v) is 7.01. The van der Waals surface area contributed by atoms with Crippen molar-refractivity contribution in [2.75, 3.05) is 6.54 Å². The van der Waals surface area contributed by atoms with E-state index in [1.807, 2.05) is 53.4 Å². The van der Waals surface area contributed by atoms with Gasteiger partial charge in [0.1, 0.15) is 0 Å². The van der Waals surface area contributed by atoms with Gasteiger partial charge in [-0.05, 0) is 30.5 Å². The lowest BCUT2D eigenvalue weighted by Gasteiger charge is -2.05. The van der Waals surface area contributed by atoms with Crippen LogP contribution in [0.2, 0.25) is 0 Å². The highest BCUT2D eigenvalue weighted by atomic mass is 32.1. The van der Waals surface area contributed by atoms with E-state index in [4.69, 9.17) is 0 Å². The third-order valence-corrected chi connectivity index (χ3v) is 5.09. The molecule has 0 atom stereocenters. The maximum Gasteiger partial charge on any atom is 0.292 e. The summed E-state index contributed by atoms with van der Waals surface area (Å²) < 4.78 is 1.76. The largest absolute Gasteiger partial charge is 0.358 e. The van der Waals surface area contributed by atoms with Crippen LogP contribution >= 0.6 is 11.3 Å². The van der Waals surface area contributed by atoms with Gasteiger partial charge in [0.25, 0.3) is 11.7 Å². The van der Waals surface area contributed by atoms with Crippen LogP contribution < -0.4 is 5.32 Å². The van der Waals surface area contributed by atoms with Gasteiger partial charge in [0.15, 0.2) is 0 Å². The Kier molecular flexibility index (Phi) is 4.60. The molecule has 7 heteroatoms. The Balaban J connectivity index is 1.39. The highest BCUT2D eigenvalue weighted by molar-refractivity contribution is 7.08. The van der Waals surface area contributed by atoms with Gasteiger partial charge in [0.2, 0.25) is 0 Å². The monoisotopic (exact) mass is 378 g/mol. The van der Waals surface area contributed by atoms with Crippen molar-refractivity contribution in [2.24, 2.45) is 0 Å². The van der Waals surface area contributed by atoms with Gasteiger partial charge in [0.05, 0.1) is 17.8 Å². The molecular weight excluding hydrogens is 360 g/mol. The minimum atomic E-state index is -0.604. The number of thiophene rings is 1. The molecule has 0 unspecified atom stereocenters. The highest BCUT2D eigenvalue weighted by Gasteiger charge is 2.22. The second kappa shape index (κ2) is 7.20. The predicted molar refractivity (Wildman–Crippen MR) is 106 cm³/mol. The van der Waals surface area contributed by atoms with Crippen molar-refractivity contribution in [3.05, 3.63) is 64.6 Å². The van der Waals surface area contributed by atoms with Gasteiger partial charge in [-0.2, -0.15) is 16.4 Å². The van der Waals surface area contributed by atoms with Gasteiger partial charge in [0, 0.05) is 40.3 Å². The molecule has 3 aromatic heterocycles. The van der Waals surface area contributed by atoms with Crippen LogP contribution in [0.4, 0.5) is 0 Å². The Morgan fingerprint density at radius 2 is 2.07 bits per heavy atom. The first-order valence-corrected chi connectivity index (χ1v) is 9.53. The number of para-hydroxylation sites is 1. The van der Waals surface area contributed by atoms with E-state index in [1.54, 1.807) is 22.9 Å². The lowest BCUT2D eigenvalue weighted by atomic mass is 10.1. The number of carbonyl (C=O) groups is 2. The molecule has 0 bridgehead atoms. The number of ketones is 1. The Hall–Kier alpha value is -3.19. The first-order chi connectivity index (χ1) is 13.1. The van der Waals surface area contributed by atoms with Crippen LogP contribution in [0.1, 0.15) is 16.1 Å². The van der Waals surface area contributed by atoms with Crippen molar-refractivity contribution in [3.8, 4) is 11.3 Å². The van der Waals surface area contributed by atoms with Crippen molar-refractivity contribution < 1.29 is 9.59 Å². The maximum absolute atomic E-state index is 12.6. The van der Waals surface area contributed by atoms with Gasteiger partial charge in [-0.1, -0.05) is 18.2 Å². The summed E-state index contributed by atoms with van der Waals surface area (Å²) in [5, 5.41) is 12.0. The lowest BCUT2D eigenvalue weighted by molar-refractivity contribution is -0.117. The number of benzene rings is 1. The molecule has 0 aliphatic carbocycles. The summed E-state index contributed by atoms with van der Waals surface area (Å²) in [6, 6.07) is 11.4. The molecule has 0 fully saturated rings. The molecule has 0 radical (unpaired) electrons. The van der Waals surface area contributed by atoms with Gasteiger partial charge in [-0.15, -0.1) is 0 Å². The predicted octanol–water partition coefficient (Wildman–Crippen LogP) is 3.40. The van der Waals surface area contributed by atoms with E-state index in [0.29, 0.717) is 24.3 Å². The summed E-state index contributed by atoms with van der Waals surface area (Å²) in [5.74, 6) is -1.13. The van der Waals surface area contributed by atoms with E-state index in [1.165, 1.54) is 0 Å². The van der Waals surface area contributed by atoms with Gasteiger partial charge >= 0.3 is 0 Å². The number of rotatable bonds is 6. The molecule has 27 heavy (non-hydrogen) atoms. The summed E-state index contributed by atoms with van der Waals surface area (Å²) in [7, 11) is 0. The van der Waals surface area contributed by atoms with E-state index < -0.39 is 11.7 Å². The van der Waals surface area contributed by atoms with E-state index in [-0.39, 0.29) is 0 Å². The molecule has 4 rings (SSSR count). The third kappa shape index (κ3) is 3.41. The Morgan fingerprint density at radius 1 is 1.22 bits per heavy atom. The number of hydrogen-bond donors (Lipinski definition) is 2. The fourth-order valence-corrected chi connectivity index (χ4v) is 3.75. The standard InChI is InChI=1S/C20H18N4O2S/c1-13-18(15-4-2-3-5-17(15)22-13)19(25)20(26)21-8-10-24-9-6-16(23-24)14-7-11-27-12-14/h2-7,9,11-12,22H,8,10H2,1H3,(H,21,26). The molecule has 6 nitrogen and oxygen atoms in total. The number of hydrogen-bond acceptors (Lipinski definition) is 4. The molecule has 2 N–H and O–H groups in total. The van der Waals surface area contributed by atoms with Crippen molar-refractivity contribution in [1.29, 1.82) is 0 Å². The number of fused-ring (bicyclic) bond motifs is 1. The minimum Gasteiger partial charge on any atom is -0.358 e. The topological polar surface area (TPSA) is 79.8 Å². The zero-order chi connectivity index (χ0) is 18.8. The number of amides is 1. The Bertz CT molecular complexity index is 1110. The SMILES string of the molecule is Cc1[nH]c2ccccc2c1C(=O)C(=O)NCCn1ccc(-c2ccsc2)n1. The van der Waals surface area contributed by atoms with E-state index in [0.717, 1.165) is 22.2 Å². The van der Waals surface area contributed by atoms with Crippen molar-refractivity contribution >= 4 is 33.9 Å². The summed E-state index contributed by atoms with van der Waals surface area (Å²) in [6.07, 6.45) is 1.87. The van der Waals surface area contributed by atoms with Crippen molar-refractivity contribution in [1.82, 2.24) is 20.1 Å². The van der Waals surface area contributed by atoms with Crippen LogP contribution in [0.3, 0.4) is 0 Å². The number of aromatic nitrogens is 3. The molecule has 136 valence electrons. The van der Waals surface area contributed by atoms with Crippen LogP contribution in [0.25, 0.3) is 22.2 Å². The molecular formula is C20H18N4O2S. The van der Waals surface area contributed by atoms with Crippen LogP contribution in [0.5, 0.6) is 0 Å². The molecule has 1 aromatic carbocycles. The molecule has 1 amide bonds. The van der Waals surface area contributed by atoms with Crippen molar-refractivity contribution in [3.63, 3.8) is 0 Å². The normalized spacial score (nSPS) is 11.0. The summed E-state index contributed by atoms with van der Waals surface area (Å²) in [5.41, 5.74) is 3.95. The summed E-state index contributed by atoms with van der Waals surface area (Å²) in [6.45, 7) is 2.63. The average Bonchev–Trinajstić information content (AvgIpc) is 3.39. The van der Waals surface area contributed by atoms with Crippen molar-refractivity contribution in [2.45, 2.75) is 13.5 Å². The zero-order valence-corrected chi connectivity index (χ0v) is 15.5. The summed E-state index contributed by atoms with van der Waals surface area (Å²) in [4.78, 5) is 28.1. The molecule has 4 aromatic rings. The fraction of sp³-hybridized carbons (Fsp3) is 0.150. The number of H-pyrrole nitrogens is 1. The minimum absolute atomic E-state index is 0.330. The van der Waals surface area contributed by atoms with Crippen LogP contribution in [-0.4, -0.2) is 33.0 Å². The molecule has 0 aliphatic heterocycles. The molecule has 0 spiro atoms. The number of nitrogens with zero attached hydrogens (tertiary/aromatic N) is 2. The Morgan fingerprint density at radius 3 is 2.89 bits per heavy atom. The lowest BCUT2D eigenvalue weighted by Crippen LogP contribution is -2.33. The maximum atomic E-state index is 12.6. The molecule has 3 heterocycles. The first-order valence-electron chi connectivity index (χ1n) is 8.59. The van der Waals surface area contributed by atoms with Gasteiger partial charge in [-0.3, -0.25) is 14.3 Å². The fourth-order valence-electron chi connectivity index (χ4n) is 3.10. The zero-order valence-electron chi connectivity index (χ0n) is 14.7. The number of Topliss-reactive ketones (excluding diaryl/α,β-unsaturated/α-hetero) is 1. The van der Waals surface area contributed by atoms with Crippen LogP contribution in [-0.2, 0) is 11.3 Å². The number of carbonyl (C=O) groups excluding carboxylic acids is 2. The molecule has 0 aliphatic rings. The average molecular weight is 378 g/mol. The highest BCUT2D eigenvalue weighted by Crippen LogP contribution is 2.22. The van der Waals surface area contributed by atoms with Gasteiger partial charge in [-0.25, -0.2) is 0 Å². The van der Waals surface area contributed by atoms with E-state index in [9.17, 15) is 9.59 Å². The number of aromatic amines is 1. The van der Waals surface area contributed by atoms with E-state index >= 15 is 0 Å².